The number of nitrogen functional groups attached to an aromatic ring is 1. The van der Waals surface area contributed by atoms with E-state index < -0.39 is 17.4 Å². The maximum Gasteiger partial charge on any atom is 0.335 e. The number of benzene rings is 1. The SMILES string of the molecule is CO[C@H]1CN(CCCc2ccc(C(=O)O)c(CCN3CCOCC3)c2)CC[C@H]1NC(=O)c1cc(Cl)c(N)[nH]c1=O. The number of aromatic amines is 1. The molecule has 2 aliphatic heterocycles. The van der Waals surface area contributed by atoms with Crippen molar-refractivity contribution in [3.05, 3.63) is 61.9 Å². The second kappa shape index (κ2) is 14.1. The van der Waals surface area contributed by atoms with Crippen LogP contribution in [0.5, 0.6) is 0 Å². The molecule has 0 aliphatic carbocycles. The number of halogens is 1. The minimum atomic E-state index is -0.895. The van der Waals surface area contributed by atoms with Crippen LogP contribution in [0.1, 0.15) is 44.7 Å². The van der Waals surface area contributed by atoms with Crippen LogP contribution in [0.15, 0.2) is 29.1 Å². The quantitative estimate of drug-likeness (QED) is 0.313. The van der Waals surface area contributed by atoms with Crippen LogP contribution in [0.2, 0.25) is 5.02 Å². The highest BCUT2D eigenvalue weighted by molar-refractivity contribution is 6.33. The number of aromatic carboxylic acids is 1. The summed E-state index contributed by atoms with van der Waals surface area (Å²) < 4.78 is 11.1. The zero-order chi connectivity index (χ0) is 28.6. The number of carboxylic acids is 1. The van der Waals surface area contributed by atoms with E-state index in [9.17, 15) is 19.5 Å². The number of carbonyl (C=O) groups is 2. The molecular weight excluding hydrogens is 538 g/mol. The normalized spacial score (nSPS) is 20.4. The molecule has 0 radical (unpaired) electrons. The summed E-state index contributed by atoms with van der Waals surface area (Å²) in [5.74, 6) is -1.39. The van der Waals surface area contributed by atoms with E-state index in [2.05, 4.69) is 20.1 Å². The summed E-state index contributed by atoms with van der Waals surface area (Å²) in [6.07, 6.45) is 2.87. The molecule has 2 aliphatic rings. The molecule has 11 nitrogen and oxygen atoms in total. The van der Waals surface area contributed by atoms with Crippen molar-refractivity contribution in [3.63, 3.8) is 0 Å². The Bertz CT molecular complexity index is 1250. The zero-order valence-corrected chi connectivity index (χ0v) is 23.5. The van der Waals surface area contributed by atoms with Crippen LogP contribution >= 0.6 is 11.6 Å². The summed E-state index contributed by atoms with van der Waals surface area (Å²) in [4.78, 5) is 43.7. The molecule has 0 saturated carbocycles. The van der Waals surface area contributed by atoms with Gasteiger partial charge in [-0.2, -0.15) is 0 Å². The standard InChI is InChI=1S/C28H38ClN5O6/c1-39-24-17-34(10-7-23(24)31-26(35)21-16-22(29)25(30)32-27(21)36)8-2-3-18-4-5-20(28(37)38)19(15-18)6-9-33-11-13-40-14-12-33/h4-5,15-16,23-24H,2-3,6-14,17H2,1H3,(H,31,35)(H,37,38)(H3,30,32,36)/t23-,24+/m1/s1. The van der Waals surface area contributed by atoms with Crippen molar-refractivity contribution in [1.82, 2.24) is 20.1 Å². The van der Waals surface area contributed by atoms with Crippen molar-refractivity contribution < 1.29 is 24.2 Å². The number of H-pyrrole nitrogens is 1. The number of hydrogen-bond donors (Lipinski definition) is 4. The van der Waals surface area contributed by atoms with Gasteiger partial charge in [-0.05, 0) is 55.5 Å². The minimum Gasteiger partial charge on any atom is -0.478 e. The maximum atomic E-state index is 12.8. The molecule has 12 heteroatoms. The number of carbonyl (C=O) groups excluding carboxylic acids is 1. The number of nitrogens with one attached hydrogen (secondary N) is 2. The Balaban J connectivity index is 1.28. The van der Waals surface area contributed by atoms with Crippen molar-refractivity contribution in [1.29, 1.82) is 0 Å². The van der Waals surface area contributed by atoms with Gasteiger partial charge in [0.25, 0.3) is 11.5 Å². The van der Waals surface area contributed by atoms with Crippen LogP contribution in [-0.2, 0) is 22.3 Å². The Kier molecular flexibility index (Phi) is 10.6. The molecule has 1 aromatic heterocycles. The number of carboxylic acid groups (broad SMARTS) is 1. The molecule has 0 unspecified atom stereocenters. The largest absolute Gasteiger partial charge is 0.478 e. The maximum absolute atomic E-state index is 12.8. The molecule has 5 N–H and O–H groups in total. The topological polar surface area (TPSA) is 150 Å². The average Bonchev–Trinajstić information content (AvgIpc) is 2.95. The molecule has 4 rings (SSSR count). The first kappa shape index (κ1) is 30.0. The first-order chi connectivity index (χ1) is 19.2. The number of aromatic nitrogens is 1. The smallest absolute Gasteiger partial charge is 0.335 e. The Hall–Kier alpha value is -2.96. The number of nitrogens with two attached hydrogens (primary N) is 1. The molecule has 1 amide bonds. The third-order valence-corrected chi connectivity index (χ3v) is 7.98. The molecule has 2 fully saturated rings. The Labute approximate surface area is 238 Å². The van der Waals surface area contributed by atoms with Gasteiger partial charge in [-0.3, -0.25) is 14.5 Å². The van der Waals surface area contributed by atoms with E-state index in [4.69, 9.17) is 26.8 Å². The predicted molar refractivity (Wildman–Crippen MR) is 152 cm³/mol. The van der Waals surface area contributed by atoms with Crippen molar-refractivity contribution in [2.75, 3.05) is 65.3 Å². The van der Waals surface area contributed by atoms with Gasteiger partial charge in [-0.25, -0.2) is 4.79 Å². The van der Waals surface area contributed by atoms with E-state index in [1.807, 2.05) is 12.1 Å². The molecule has 2 saturated heterocycles. The lowest BCUT2D eigenvalue weighted by Crippen LogP contribution is -2.55. The monoisotopic (exact) mass is 575 g/mol. The lowest BCUT2D eigenvalue weighted by molar-refractivity contribution is 0.00617. The number of piperidine rings is 1. The summed E-state index contributed by atoms with van der Waals surface area (Å²) >= 11 is 5.98. The molecule has 0 spiro atoms. The van der Waals surface area contributed by atoms with Gasteiger partial charge in [-0.1, -0.05) is 23.7 Å². The van der Waals surface area contributed by atoms with E-state index >= 15 is 0 Å². The fourth-order valence-corrected chi connectivity index (χ4v) is 5.51. The van der Waals surface area contributed by atoms with Crippen LogP contribution in [0.3, 0.4) is 0 Å². The fourth-order valence-electron chi connectivity index (χ4n) is 5.35. The van der Waals surface area contributed by atoms with Gasteiger partial charge in [0.2, 0.25) is 0 Å². The number of morpholine rings is 1. The van der Waals surface area contributed by atoms with E-state index in [0.717, 1.165) is 69.9 Å². The highest BCUT2D eigenvalue weighted by Gasteiger charge is 2.31. The number of ether oxygens (including phenoxy) is 2. The Morgan fingerprint density at radius 1 is 1.15 bits per heavy atom. The molecule has 3 heterocycles. The molecule has 2 aromatic rings. The van der Waals surface area contributed by atoms with Crippen molar-refractivity contribution >= 4 is 29.3 Å². The molecule has 1 aromatic carbocycles. The molecular formula is C28H38ClN5O6. The molecule has 0 bridgehead atoms. The van der Waals surface area contributed by atoms with E-state index in [1.165, 1.54) is 6.07 Å². The third kappa shape index (κ3) is 7.82. The number of likely N-dealkylation sites (tertiary alicyclic amines) is 1. The summed E-state index contributed by atoms with van der Waals surface area (Å²) in [6.45, 7) is 6.26. The number of nitrogens with zero attached hydrogens (tertiary/aromatic N) is 2. The van der Waals surface area contributed by atoms with E-state index in [-0.39, 0.29) is 28.5 Å². The summed E-state index contributed by atoms with van der Waals surface area (Å²) in [5.41, 5.74) is 7.29. The van der Waals surface area contributed by atoms with Gasteiger partial charge < -0.3 is 35.5 Å². The predicted octanol–water partition coefficient (Wildman–Crippen LogP) is 1.64. The summed E-state index contributed by atoms with van der Waals surface area (Å²) in [7, 11) is 1.61. The second-order valence-corrected chi connectivity index (χ2v) is 10.7. The third-order valence-electron chi connectivity index (χ3n) is 7.67. The lowest BCUT2D eigenvalue weighted by atomic mass is 9.98. The van der Waals surface area contributed by atoms with Crippen LogP contribution in [0.25, 0.3) is 0 Å². The van der Waals surface area contributed by atoms with Crippen LogP contribution in [0, 0.1) is 0 Å². The van der Waals surface area contributed by atoms with Crippen molar-refractivity contribution in [3.8, 4) is 0 Å². The number of amides is 1. The highest BCUT2D eigenvalue weighted by atomic mass is 35.5. The number of pyridine rings is 1. The van der Waals surface area contributed by atoms with E-state index in [0.29, 0.717) is 24.9 Å². The number of methoxy groups -OCH3 is 1. The van der Waals surface area contributed by atoms with Crippen LogP contribution in [0.4, 0.5) is 5.82 Å². The second-order valence-electron chi connectivity index (χ2n) is 10.3. The average molecular weight is 576 g/mol. The van der Waals surface area contributed by atoms with Crippen LogP contribution in [-0.4, -0.2) is 104 Å². The van der Waals surface area contributed by atoms with Gasteiger partial charge in [0.15, 0.2) is 0 Å². The zero-order valence-electron chi connectivity index (χ0n) is 22.8. The van der Waals surface area contributed by atoms with Gasteiger partial charge in [0.1, 0.15) is 11.4 Å². The Morgan fingerprint density at radius 3 is 2.65 bits per heavy atom. The van der Waals surface area contributed by atoms with Crippen molar-refractivity contribution in [2.24, 2.45) is 0 Å². The number of hydrogen-bond acceptors (Lipinski definition) is 8. The Morgan fingerprint density at radius 2 is 1.93 bits per heavy atom. The van der Waals surface area contributed by atoms with Crippen molar-refractivity contribution in [2.45, 2.75) is 37.8 Å². The minimum absolute atomic E-state index is 0.0216. The lowest BCUT2D eigenvalue weighted by Gasteiger charge is -2.38. The van der Waals surface area contributed by atoms with Gasteiger partial charge in [0.05, 0.1) is 35.9 Å². The van der Waals surface area contributed by atoms with Gasteiger partial charge >= 0.3 is 5.97 Å². The van der Waals surface area contributed by atoms with E-state index in [1.54, 1.807) is 13.2 Å². The van der Waals surface area contributed by atoms with Gasteiger partial charge in [0, 0.05) is 39.8 Å². The summed E-state index contributed by atoms with van der Waals surface area (Å²) in [6, 6.07) is 6.70. The fraction of sp³-hybridized carbons (Fsp3) is 0.536. The first-order valence-corrected chi connectivity index (χ1v) is 14.0. The summed E-state index contributed by atoms with van der Waals surface area (Å²) in [5, 5.41) is 12.7. The van der Waals surface area contributed by atoms with Crippen LogP contribution < -0.4 is 16.6 Å². The number of aryl methyl sites for hydroxylation is 1. The highest BCUT2D eigenvalue weighted by Crippen LogP contribution is 2.19. The van der Waals surface area contributed by atoms with Gasteiger partial charge in [-0.15, -0.1) is 0 Å². The number of anilines is 1. The number of rotatable bonds is 11. The molecule has 40 heavy (non-hydrogen) atoms. The molecule has 2 atom stereocenters. The molecule has 218 valence electrons. The first-order valence-electron chi connectivity index (χ1n) is 13.6.